The monoisotopic (exact) mass is 487 g/mol. The summed E-state index contributed by atoms with van der Waals surface area (Å²) in [6, 6.07) is 4.45. The first kappa shape index (κ1) is 23.1. The van der Waals surface area contributed by atoms with Crippen molar-refractivity contribution in [1.29, 1.82) is 0 Å². The number of anilines is 1. The number of primary amides is 1. The van der Waals surface area contributed by atoms with Crippen LogP contribution in [-0.4, -0.2) is 47.1 Å². The smallest absolute Gasteiger partial charge is 0.265 e. The molecule has 1 aromatic carbocycles. The third-order valence-electron chi connectivity index (χ3n) is 5.66. The Morgan fingerprint density at radius 2 is 1.91 bits per heavy atom. The van der Waals surface area contributed by atoms with Crippen molar-refractivity contribution in [3.05, 3.63) is 52.2 Å². The van der Waals surface area contributed by atoms with E-state index in [9.17, 15) is 18.0 Å². The van der Waals surface area contributed by atoms with Gasteiger partial charge in [-0.2, -0.15) is 4.31 Å². The Kier molecular flexibility index (Phi) is 6.12. The third kappa shape index (κ3) is 4.43. The fourth-order valence-electron chi connectivity index (χ4n) is 4.32. The van der Waals surface area contributed by atoms with Gasteiger partial charge in [0.1, 0.15) is 11.7 Å². The van der Waals surface area contributed by atoms with Crippen LogP contribution in [0.5, 0.6) is 0 Å². The Bertz CT molecular complexity index is 1320. The van der Waals surface area contributed by atoms with Gasteiger partial charge in [-0.15, -0.1) is 11.3 Å². The number of nitrogens with zero attached hydrogens (tertiary/aromatic N) is 2. The summed E-state index contributed by atoms with van der Waals surface area (Å²) in [6.07, 6.45) is 2.65. The molecule has 1 unspecified atom stereocenters. The molecule has 4 rings (SSSR count). The van der Waals surface area contributed by atoms with E-state index >= 15 is 0 Å². The van der Waals surface area contributed by atoms with Crippen LogP contribution in [0, 0.1) is 20.8 Å². The van der Waals surface area contributed by atoms with Gasteiger partial charge in [0.2, 0.25) is 15.9 Å². The molecule has 0 spiro atoms. The maximum Gasteiger partial charge on any atom is 0.265 e. The predicted octanol–water partition coefficient (Wildman–Crippen LogP) is 2.95. The zero-order valence-corrected chi connectivity index (χ0v) is 20.1. The van der Waals surface area contributed by atoms with Crippen molar-refractivity contribution in [3.63, 3.8) is 0 Å². The summed E-state index contributed by atoms with van der Waals surface area (Å²) in [5.74, 6) is -0.988. The number of nitrogens with one attached hydrogen (secondary N) is 2. The number of sulfonamides is 1. The number of benzene rings is 1. The minimum absolute atomic E-state index is 0.261. The molecular formula is C22H25N5O4S2. The normalized spacial score (nSPS) is 16.8. The summed E-state index contributed by atoms with van der Waals surface area (Å²) in [5, 5.41) is 4.85. The number of carbonyl (C=O) groups excluding carboxylic acids is 2. The van der Waals surface area contributed by atoms with Crippen LogP contribution in [0.2, 0.25) is 0 Å². The number of aromatic nitrogens is 2. The lowest BCUT2D eigenvalue weighted by atomic mass is 10.1. The second-order valence-electron chi connectivity index (χ2n) is 8.20. The highest BCUT2D eigenvalue weighted by Gasteiger charge is 2.40. The van der Waals surface area contributed by atoms with Crippen LogP contribution in [0.1, 0.15) is 40.0 Å². The molecule has 33 heavy (non-hydrogen) atoms. The molecule has 1 fully saturated rings. The molecule has 11 heteroatoms. The summed E-state index contributed by atoms with van der Waals surface area (Å²) in [6.45, 7) is 5.77. The number of thiazole rings is 1. The van der Waals surface area contributed by atoms with Crippen molar-refractivity contribution < 1.29 is 18.0 Å². The first-order valence-corrected chi connectivity index (χ1v) is 12.7. The van der Waals surface area contributed by atoms with Crippen molar-refractivity contribution in [3.8, 4) is 11.3 Å². The van der Waals surface area contributed by atoms with Crippen LogP contribution < -0.4 is 11.1 Å². The molecule has 0 saturated carbocycles. The minimum Gasteiger partial charge on any atom is -0.364 e. The number of H-pyrrole nitrogens is 1. The van der Waals surface area contributed by atoms with E-state index in [2.05, 4.69) is 15.3 Å². The lowest BCUT2D eigenvalue weighted by molar-refractivity contribution is -0.119. The van der Waals surface area contributed by atoms with Gasteiger partial charge in [0.05, 0.1) is 10.6 Å². The Hall–Kier alpha value is -3.02. The van der Waals surface area contributed by atoms with E-state index in [0.29, 0.717) is 40.4 Å². The summed E-state index contributed by atoms with van der Waals surface area (Å²) in [5.41, 5.74) is 9.09. The topological polar surface area (TPSA) is 138 Å². The minimum atomic E-state index is -3.84. The second-order valence-corrected chi connectivity index (χ2v) is 10.9. The lowest BCUT2D eigenvalue weighted by Crippen LogP contribution is -2.43. The summed E-state index contributed by atoms with van der Waals surface area (Å²) in [4.78, 5) is 31.8. The number of carbonyl (C=O) groups is 2. The number of nitrogens with two attached hydrogens (primary N) is 1. The zero-order chi connectivity index (χ0) is 23.9. The molecule has 2 aromatic heterocycles. The highest BCUT2D eigenvalue weighted by atomic mass is 32.2. The molecule has 1 saturated heterocycles. The van der Waals surface area contributed by atoms with Gasteiger partial charge in [-0.3, -0.25) is 9.59 Å². The van der Waals surface area contributed by atoms with Gasteiger partial charge >= 0.3 is 0 Å². The average molecular weight is 488 g/mol. The number of aromatic amines is 1. The zero-order valence-electron chi connectivity index (χ0n) is 18.5. The van der Waals surface area contributed by atoms with Crippen LogP contribution >= 0.6 is 11.3 Å². The van der Waals surface area contributed by atoms with Gasteiger partial charge in [-0.1, -0.05) is 17.7 Å². The number of hydrogen-bond donors (Lipinski definition) is 3. The molecule has 3 heterocycles. The van der Waals surface area contributed by atoms with Crippen LogP contribution in [0.3, 0.4) is 0 Å². The van der Waals surface area contributed by atoms with Gasteiger partial charge in [-0.25, -0.2) is 13.4 Å². The van der Waals surface area contributed by atoms with Crippen LogP contribution in [0.15, 0.2) is 34.7 Å². The van der Waals surface area contributed by atoms with Crippen molar-refractivity contribution in [2.45, 2.75) is 44.6 Å². The first-order chi connectivity index (χ1) is 15.6. The average Bonchev–Trinajstić information content (AvgIpc) is 3.46. The van der Waals surface area contributed by atoms with Crippen LogP contribution in [-0.2, 0) is 14.8 Å². The van der Waals surface area contributed by atoms with Crippen molar-refractivity contribution in [2.75, 3.05) is 11.9 Å². The van der Waals surface area contributed by atoms with E-state index in [1.165, 1.54) is 15.6 Å². The molecule has 0 aliphatic carbocycles. The van der Waals surface area contributed by atoms with E-state index in [1.807, 2.05) is 19.1 Å². The Morgan fingerprint density at radius 1 is 1.21 bits per heavy atom. The molecule has 4 N–H and O–H groups in total. The molecular weight excluding hydrogens is 462 g/mol. The second kappa shape index (κ2) is 8.73. The number of rotatable bonds is 6. The quantitative estimate of drug-likeness (QED) is 0.491. The van der Waals surface area contributed by atoms with E-state index < -0.39 is 27.9 Å². The maximum absolute atomic E-state index is 13.5. The van der Waals surface area contributed by atoms with E-state index in [1.54, 1.807) is 31.5 Å². The highest BCUT2D eigenvalue weighted by Crippen LogP contribution is 2.32. The lowest BCUT2D eigenvalue weighted by Gasteiger charge is -2.25. The molecule has 0 bridgehead atoms. The molecule has 1 atom stereocenters. The molecule has 0 radical (unpaired) electrons. The maximum atomic E-state index is 13.5. The van der Waals surface area contributed by atoms with E-state index in [4.69, 9.17) is 5.73 Å². The van der Waals surface area contributed by atoms with Crippen LogP contribution in [0.25, 0.3) is 11.3 Å². The fourth-order valence-corrected chi connectivity index (χ4v) is 7.11. The summed E-state index contributed by atoms with van der Waals surface area (Å²) in [7, 11) is -3.84. The number of amides is 2. The van der Waals surface area contributed by atoms with Gasteiger partial charge in [0, 0.05) is 23.7 Å². The fraction of sp³-hybridized carbons (Fsp3) is 0.318. The Labute approximate surface area is 196 Å². The van der Waals surface area contributed by atoms with E-state index in [-0.39, 0.29) is 17.1 Å². The highest BCUT2D eigenvalue weighted by molar-refractivity contribution is 7.89. The first-order valence-electron chi connectivity index (χ1n) is 10.4. The summed E-state index contributed by atoms with van der Waals surface area (Å²) >= 11 is 1.22. The number of aryl methyl sites for hydroxylation is 3. The molecule has 2 amide bonds. The SMILES string of the molecule is Cc1cc(C)c(S(=O)(=O)N2CCCC2C(=O)Nc2nc(-c3c[nH]c(C(N)=O)c3)cs2)c(C)c1. The standard InChI is InChI=1S/C22H25N5O4S2/c1-12-7-13(2)19(14(3)8-12)33(30,31)27-6-4-5-18(27)21(29)26-22-25-17(11-32-22)15-9-16(20(23)28)24-10-15/h7-11,18,24H,4-6H2,1-3H3,(H2,23,28)(H,25,26,29). The van der Waals surface area contributed by atoms with Gasteiger partial charge in [-0.05, 0) is 50.8 Å². The molecule has 174 valence electrons. The van der Waals surface area contributed by atoms with Gasteiger partial charge in [0.25, 0.3) is 5.91 Å². The molecule has 9 nitrogen and oxygen atoms in total. The third-order valence-corrected chi connectivity index (χ3v) is 8.63. The van der Waals surface area contributed by atoms with E-state index in [0.717, 1.165) is 5.56 Å². The largest absolute Gasteiger partial charge is 0.364 e. The van der Waals surface area contributed by atoms with Crippen LogP contribution in [0.4, 0.5) is 5.13 Å². The Morgan fingerprint density at radius 3 is 2.55 bits per heavy atom. The Balaban J connectivity index is 1.54. The van der Waals surface area contributed by atoms with Crippen molar-refractivity contribution in [2.24, 2.45) is 5.73 Å². The van der Waals surface area contributed by atoms with Crippen molar-refractivity contribution in [1.82, 2.24) is 14.3 Å². The predicted molar refractivity (Wildman–Crippen MR) is 127 cm³/mol. The van der Waals surface area contributed by atoms with Crippen molar-refractivity contribution >= 4 is 38.3 Å². The van der Waals surface area contributed by atoms with Gasteiger partial charge < -0.3 is 16.0 Å². The summed E-state index contributed by atoms with van der Waals surface area (Å²) < 4.78 is 28.3. The molecule has 1 aliphatic rings. The number of hydrogen-bond acceptors (Lipinski definition) is 6. The molecule has 3 aromatic rings. The van der Waals surface area contributed by atoms with Gasteiger partial charge in [0.15, 0.2) is 5.13 Å². The molecule has 1 aliphatic heterocycles.